The van der Waals surface area contributed by atoms with Crippen molar-refractivity contribution in [3.8, 4) is 5.75 Å². The van der Waals surface area contributed by atoms with E-state index in [0.717, 1.165) is 18.4 Å². The number of carbonyl (C=O) groups is 1. The Morgan fingerprint density at radius 1 is 1.08 bits per heavy atom. The molecule has 0 radical (unpaired) electrons. The molecule has 2 rings (SSSR count). The molecule has 0 fully saturated rings. The predicted octanol–water partition coefficient (Wildman–Crippen LogP) is 4.97. The van der Waals surface area contributed by atoms with Gasteiger partial charge in [0.15, 0.2) is 6.29 Å². The Hall–Kier alpha value is -2.33. The van der Waals surface area contributed by atoms with E-state index in [0.29, 0.717) is 23.8 Å². The van der Waals surface area contributed by atoms with Crippen molar-refractivity contribution >= 4 is 5.97 Å². The first-order valence-corrected chi connectivity index (χ1v) is 9.09. The quantitative estimate of drug-likeness (QED) is 0.470. The highest BCUT2D eigenvalue weighted by molar-refractivity contribution is 5.92. The van der Waals surface area contributed by atoms with Crippen LogP contribution in [0.25, 0.3) is 0 Å². The number of rotatable bonds is 9. The average molecular weight is 356 g/mol. The third kappa shape index (κ3) is 5.60. The van der Waals surface area contributed by atoms with Gasteiger partial charge in [0.25, 0.3) is 0 Å². The maximum atomic E-state index is 12.1. The summed E-state index contributed by atoms with van der Waals surface area (Å²) in [5.74, 6) is 0.449. The summed E-state index contributed by atoms with van der Waals surface area (Å²) in [6.07, 6.45) is 1.35. The number of esters is 1. The fourth-order valence-electron chi connectivity index (χ4n) is 2.66. The number of benzene rings is 2. The summed E-state index contributed by atoms with van der Waals surface area (Å²) < 4.78 is 16.5. The van der Waals surface area contributed by atoms with Gasteiger partial charge in [-0.15, -0.1) is 0 Å². The van der Waals surface area contributed by atoms with Crippen LogP contribution in [0.5, 0.6) is 5.75 Å². The zero-order valence-electron chi connectivity index (χ0n) is 16.0. The van der Waals surface area contributed by atoms with Crippen LogP contribution >= 0.6 is 0 Å². The van der Waals surface area contributed by atoms with Gasteiger partial charge in [0.05, 0.1) is 13.7 Å². The lowest BCUT2D eigenvalue weighted by Crippen LogP contribution is -2.19. The minimum Gasteiger partial charge on any atom is -0.465 e. The van der Waals surface area contributed by atoms with Crippen LogP contribution in [0.15, 0.2) is 48.5 Å². The van der Waals surface area contributed by atoms with Crippen molar-refractivity contribution in [3.05, 3.63) is 65.2 Å². The van der Waals surface area contributed by atoms with Crippen LogP contribution in [-0.4, -0.2) is 26.0 Å². The van der Waals surface area contributed by atoms with Crippen molar-refractivity contribution in [2.24, 2.45) is 0 Å². The topological polar surface area (TPSA) is 44.8 Å². The fraction of sp³-hybridized carbons (Fsp3) is 0.409. The summed E-state index contributed by atoms with van der Waals surface area (Å²) >= 11 is 0. The molecular weight excluding hydrogens is 328 g/mol. The standard InChI is InChI=1S/C22H28O4/c1-5-16(2)19-11-12-21(20(15-19)22(23)24-4)26-17(3)25-14-13-18-9-7-6-8-10-18/h6-12,15-17H,5,13-14H2,1-4H3. The lowest BCUT2D eigenvalue weighted by atomic mass is 9.96. The van der Waals surface area contributed by atoms with Gasteiger partial charge in [0, 0.05) is 0 Å². The van der Waals surface area contributed by atoms with Gasteiger partial charge < -0.3 is 14.2 Å². The smallest absolute Gasteiger partial charge is 0.341 e. The Kier molecular flexibility index (Phi) is 7.67. The van der Waals surface area contributed by atoms with E-state index in [4.69, 9.17) is 14.2 Å². The molecule has 0 saturated carbocycles. The summed E-state index contributed by atoms with van der Waals surface area (Å²) in [4.78, 5) is 12.1. The van der Waals surface area contributed by atoms with Crippen LogP contribution in [0.4, 0.5) is 0 Å². The molecule has 140 valence electrons. The highest BCUT2D eigenvalue weighted by Crippen LogP contribution is 2.27. The second kappa shape index (κ2) is 9.97. The molecule has 2 aromatic rings. The van der Waals surface area contributed by atoms with Gasteiger partial charge in [-0.1, -0.05) is 50.2 Å². The maximum Gasteiger partial charge on any atom is 0.341 e. The highest BCUT2D eigenvalue weighted by Gasteiger charge is 2.18. The van der Waals surface area contributed by atoms with Gasteiger partial charge in [-0.25, -0.2) is 4.79 Å². The van der Waals surface area contributed by atoms with Gasteiger partial charge in [-0.05, 0) is 48.9 Å². The first kappa shape index (κ1) is 20.0. The number of carbonyl (C=O) groups excluding carboxylic acids is 1. The summed E-state index contributed by atoms with van der Waals surface area (Å²) in [6, 6.07) is 15.8. The Bertz CT molecular complexity index is 697. The van der Waals surface area contributed by atoms with E-state index in [1.54, 1.807) is 0 Å². The average Bonchev–Trinajstić information content (AvgIpc) is 2.67. The normalized spacial score (nSPS) is 13.1. The Morgan fingerprint density at radius 2 is 1.81 bits per heavy atom. The number of hydrogen-bond acceptors (Lipinski definition) is 4. The number of methoxy groups -OCH3 is 1. The van der Waals surface area contributed by atoms with Crippen molar-refractivity contribution in [1.82, 2.24) is 0 Å². The van der Waals surface area contributed by atoms with Crippen molar-refractivity contribution in [2.45, 2.75) is 45.8 Å². The summed E-state index contributed by atoms with van der Waals surface area (Å²) in [5, 5.41) is 0. The van der Waals surface area contributed by atoms with Gasteiger partial charge in [0.2, 0.25) is 0 Å². The zero-order chi connectivity index (χ0) is 18.9. The van der Waals surface area contributed by atoms with Gasteiger partial charge in [-0.3, -0.25) is 0 Å². The molecular formula is C22H28O4. The first-order valence-electron chi connectivity index (χ1n) is 9.09. The molecule has 0 aliphatic rings. The van der Waals surface area contributed by atoms with Crippen LogP contribution in [0, 0.1) is 0 Å². The summed E-state index contributed by atoms with van der Waals surface area (Å²) in [5.41, 5.74) is 2.74. The largest absolute Gasteiger partial charge is 0.465 e. The summed E-state index contributed by atoms with van der Waals surface area (Å²) in [6.45, 7) is 6.63. The lowest BCUT2D eigenvalue weighted by Gasteiger charge is -2.19. The number of hydrogen-bond donors (Lipinski definition) is 0. The van der Waals surface area contributed by atoms with E-state index in [1.807, 2.05) is 43.3 Å². The van der Waals surface area contributed by atoms with Crippen LogP contribution in [0.2, 0.25) is 0 Å². The molecule has 0 aliphatic carbocycles. The second-order valence-electron chi connectivity index (χ2n) is 6.35. The van der Waals surface area contributed by atoms with Crippen molar-refractivity contribution in [1.29, 1.82) is 0 Å². The van der Waals surface area contributed by atoms with Crippen LogP contribution < -0.4 is 4.74 Å². The molecule has 0 bridgehead atoms. The first-order chi connectivity index (χ1) is 12.5. The molecule has 2 atom stereocenters. The molecule has 4 nitrogen and oxygen atoms in total. The molecule has 0 spiro atoms. The predicted molar refractivity (Wildman–Crippen MR) is 103 cm³/mol. The van der Waals surface area contributed by atoms with E-state index in [-0.39, 0.29) is 0 Å². The molecule has 2 unspecified atom stereocenters. The molecule has 0 saturated heterocycles. The third-order valence-electron chi connectivity index (χ3n) is 4.47. The second-order valence-corrected chi connectivity index (χ2v) is 6.35. The monoisotopic (exact) mass is 356 g/mol. The zero-order valence-corrected chi connectivity index (χ0v) is 16.0. The van der Waals surface area contributed by atoms with Crippen LogP contribution in [0.1, 0.15) is 54.6 Å². The van der Waals surface area contributed by atoms with Crippen LogP contribution in [-0.2, 0) is 15.9 Å². The van der Waals surface area contributed by atoms with Crippen molar-refractivity contribution in [3.63, 3.8) is 0 Å². The lowest BCUT2D eigenvalue weighted by molar-refractivity contribution is -0.0658. The Balaban J connectivity index is 2.01. The number of ether oxygens (including phenoxy) is 3. The van der Waals surface area contributed by atoms with Gasteiger partial charge >= 0.3 is 5.97 Å². The van der Waals surface area contributed by atoms with E-state index in [2.05, 4.69) is 26.0 Å². The molecule has 0 heterocycles. The Labute approximate surface area is 156 Å². The van der Waals surface area contributed by atoms with Gasteiger partial charge in [-0.2, -0.15) is 0 Å². The molecule has 2 aromatic carbocycles. The van der Waals surface area contributed by atoms with E-state index < -0.39 is 12.3 Å². The highest BCUT2D eigenvalue weighted by atomic mass is 16.7. The van der Waals surface area contributed by atoms with Crippen molar-refractivity contribution in [2.75, 3.05) is 13.7 Å². The molecule has 0 N–H and O–H groups in total. The fourth-order valence-corrected chi connectivity index (χ4v) is 2.66. The van der Waals surface area contributed by atoms with Gasteiger partial charge in [0.1, 0.15) is 11.3 Å². The van der Waals surface area contributed by atoms with E-state index in [1.165, 1.54) is 12.7 Å². The minimum atomic E-state index is -0.462. The molecule has 0 aliphatic heterocycles. The minimum absolute atomic E-state index is 0.368. The molecule has 0 aromatic heterocycles. The third-order valence-corrected chi connectivity index (χ3v) is 4.47. The summed E-state index contributed by atoms with van der Waals surface area (Å²) in [7, 11) is 1.38. The molecule has 0 amide bonds. The SMILES string of the molecule is CCC(C)c1ccc(OC(C)OCCc2ccccc2)c(C(=O)OC)c1. The van der Waals surface area contributed by atoms with Crippen molar-refractivity contribution < 1.29 is 19.0 Å². The van der Waals surface area contributed by atoms with Crippen LogP contribution in [0.3, 0.4) is 0 Å². The molecule has 4 heteroatoms. The van der Waals surface area contributed by atoms with E-state index in [9.17, 15) is 4.79 Å². The molecule has 26 heavy (non-hydrogen) atoms. The van der Waals surface area contributed by atoms with E-state index >= 15 is 0 Å². The Morgan fingerprint density at radius 3 is 2.46 bits per heavy atom. The maximum absolute atomic E-state index is 12.1.